The maximum atomic E-state index is 12.7. The van der Waals surface area contributed by atoms with Crippen molar-refractivity contribution in [3.63, 3.8) is 0 Å². The van der Waals surface area contributed by atoms with Gasteiger partial charge in [-0.15, -0.1) is 0 Å². The zero-order chi connectivity index (χ0) is 16.2. The lowest BCUT2D eigenvalue weighted by Crippen LogP contribution is -2.45. The van der Waals surface area contributed by atoms with Gasteiger partial charge in [-0.05, 0) is 44.9 Å². The first kappa shape index (κ1) is 16.7. The van der Waals surface area contributed by atoms with Gasteiger partial charge in [0.15, 0.2) is 0 Å². The Hall–Kier alpha value is -1.10. The van der Waals surface area contributed by atoms with Crippen LogP contribution in [-0.2, 0) is 14.3 Å². The molecular weight excluding hydrogens is 294 g/mol. The van der Waals surface area contributed by atoms with Crippen molar-refractivity contribution in [3.8, 4) is 0 Å². The number of carboxylic acid groups (broad SMARTS) is 1. The third kappa shape index (κ3) is 4.25. The van der Waals surface area contributed by atoms with Crippen molar-refractivity contribution >= 4 is 11.9 Å². The number of hydrogen-bond acceptors (Lipinski definition) is 3. The molecule has 0 spiro atoms. The van der Waals surface area contributed by atoms with E-state index in [0.29, 0.717) is 18.6 Å². The van der Waals surface area contributed by atoms with Crippen LogP contribution < -0.4 is 0 Å². The van der Waals surface area contributed by atoms with Crippen LogP contribution in [0.3, 0.4) is 0 Å². The number of rotatable bonds is 4. The molecule has 3 rings (SSSR count). The molecule has 0 aromatic rings. The average Bonchev–Trinajstić information content (AvgIpc) is 3.08. The van der Waals surface area contributed by atoms with Crippen LogP contribution in [0.5, 0.6) is 0 Å². The SMILES string of the molecule is O=C(O)C1CCCC(C(=O)N2CCC(OC3CCCC3)CC2)C1. The van der Waals surface area contributed by atoms with Gasteiger partial charge in [0.05, 0.1) is 18.1 Å². The number of amides is 1. The molecule has 2 unspecified atom stereocenters. The Morgan fingerprint density at radius 3 is 2.09 bits per heavy atom. The maximum absolute atomic E-state index is 12.7. The molecule has 2 aliphatic carbocycles. The molecule has 2 saturated carbocycles. The molecule has 1 heterocycles. The highest BCUT2D eigenvalue weighted by molar-refractivity contribution is 5.80. The van der Waals surface area contributed by atoms with Gasteiger partial charge in [-0.2, -0.15) is 0 Å². The number of piperidine rings is 1. The minimum absolute atomic E-state index is 0.0860. The van der Waals surface area contributed by atoms with E-state index in [1.807, 2.05) is 4.90 Å². The third-order valence-corrected chi connectivity index (χ3v) is 5.81. The second kappa shape index (κ2) is 7.65. The second-order valence-corrected chi connectivity index (χ2v) is 7.47. The molecule has 3 aliphatic rings. The molecule has 23 heavy (non-hydrogen) atoms. The predicted molar refractivity (Wildman–Crippen MR) is 86.0 cm³/mol. The fourth-order valence-electron chi connectivity index (χ4n) is 4.41. The van der Waals surface area contributed by atoms with Gasteiger partial charge < -0.3 is 14.7 Å². The van der Waals surface area contributed by atoms with Crippen LogP contribution in [0.2, 0.25) is 0 Å². The quantitative estimate of drug-likeness (QED) is 0.864. The van der Waals surface area contributed by atoms with Crippen molar-refractivity contribution in [2.45, 2.75) is 76.4 Å². The molecule has 0 radical (unpaired) electrons. The Morgan fingerprint density at radius 2 is 1.43 bits per heavy atom. The summed E-state index contributed by atoms with van der Waals surface area (Å²) in [5.41, 5.74) is 0. The molecular formula is C18H29NO4. The number of carbonyl (C=O) groups excluding carboxylic acids is 1. The van der Waals surface area contributed by atoms with Gasteiger partial charge in [0.25, 0.3) is 0 Å². The second-order valence-electron chi connectivity index (χ2n) is 7.47. The molecule has 1 amide bonds. The van der Waals surface area contributed by atoms with Crippen LogP contribution >= 0.6 is 0 Å². The Kier molecular flexibility index (Phi) is 5.57. The maximum Gasteiger partial charge on any atom is 0.306 e. The fourth-order valence-corrected chi connectivity index (χ4v) is 4.41. The summed E-state index contributed by atoms with van der Waals surface area (Å²) in [4.78, 5) is 25.8. The molecule has 1 N–H and O–H groups in total. The van der Waals surface area contributed by atoms with Crippen LogP contribution in [0.15, 0.2) is 0 Å². The van der Waals surface area contributed by atoms with Crippen molar-refractivity contribution in [2.24, 2.45) is 11.8 Å². The molecule has 5 heteroatoms. The van der Waals surface area contributed by atoms with E-state index >= 15 is 0 Å². The molecule has 0 bridgehead atoms. The van der Waals surface area contributed by atoms with E-state index in [4.69, 9.17) is 4.74 Å². The van der Waals surface area contributed by atoms with Gasteiger partial charge in [0.2, 0.25) is 5.91 Å². The van der Waals surface area contributed by atoms with Crippen molar-refractivity contribution in [1.29, 1.82) is 0 Å². The Balaban J connectivity index is 1.45. The smallest absolute Gasteiger partial charge is 0.306 e. The summed E-state index contributed by atoms with van der Waals surface area (Å²) in [5.74, 6) is -0.987. The van der Waals surface area contributed by atoms with Crippen LogP contribution in [0.25, 0.3) is 0 Å². The summed E-state index contributed by atoms with van der Waals surface area (Å²) in [6.07, 6.45) is 10.5. The molecule has 3 fully saturated rings. The highest BCUT2D eigenvalue weighted by Crippen LogP contribution is 2.32. The van der Waals surface area contributed by atoms with E-state index < -0.39 is 5.97 Å². The van der Waals surface area contributed by atoms with Crippen molar-refractivity contribution in [2.75, 3.05) is 13.1 Å². The summed E-state index contributed by atoms with van der Waals surface area (Å²) in [6, 6.07) is 0. The first-order valence-corrected chi connectivity index (χ1v) is 9.30. The standard InChI is InChI=1S/C18H29NO4/c20-17(13-4-3-5-14(12-13)18(21)22)19-10-8-16(9-11-19)23-15-6-1-2-7-15/h13-16H,1-12H2,(H,21,22). The van der Waals surface area contributed by atoms with E-state index in [9.17, 15) is 14.7 Å². The highest BCUT2D eigenvalue weighted by atomic mass is 16.5. The molecule has 2 atom stereocenters. The highest BCUT2D eigenvalue weighted by Gasteiger charge is 2.35. The van der Waals surface area contributed by atoms with Crippen LogP contribution in [0, 0.1) is 11.8 Å². The molecule has 0 aromatic carbocycles. The van der Waals surface area contributed by atoms with Gasteiger partial charge in [0, 0.05) is 19.0 Å². The number of nitrogens with zero attached hydrogens (tertiary/aromatic N) is 1. The van der Waals surface area contributed by atoms with E-state index in [2.05, 4.69) is 0 Å². The topological polar surface area (TPSA) is 66.8 Å². The first-order valence-electron chi connectivity index (χ1n) is 9.30. The zero-order valence-electron chi connectivity index (χ0n) is 13.9. The molecule has 1 saturated heterocycles. The molecule has 5 nitrogen and oxygen atoms in total. The van der Waals surface area contributed by atoms with E-state index in [1.165, 1.54) is 25.7 Å². The van der Waals surface area contributed by atoms with Crippen molar-refractivity contribution in [1.82, 2.24) is 4.90 Å². The van der Waals surface area contributed by atoms with E-state index in [-0.39, 0.29) is 17.7 Å². The predicted octanol–water partition coefficient (Wildman–Crippen LogP) is 2.83. The van der Waals surface area contributed by atoms with Gasteiger partial charge in [0.1, 0.15) is 0 Å². The molecule has 130 valence electrons. The minimum Gasteiger partial charge on any atom is -0.481 e. The Morgan fingerprint density at radius 1 is 0.826 bits per heavy atom. The van der Waals surface area contributed by atoms with Gasteiger partial charge in [-0.3, -0.25) is 9.59 Å². The minimum atomic E-state index is -0.744. The fraction of sp³-hybridized carbons (Fsp3) is 0.889. The normalized spacial score (nSPS) is 30.5. The number of carboxylic acids is 1. The third-order valence-electron chi connectivity index (χ3n) is 5.81. The monoisotopic (exact) mass is 323 g/mol. The first-order chi connectivity index (χ1) is 11.1. The summed E-state index contributed by atoms with van der Waals surface area (Å²) in [7, 11) is 0. The number of carbonyl (C=O) groups is 2. The lowest BCUT2D eigenvalue weighted by molar-refractivity contribution is -0.146. The summed E-state index contributed by atoms with van der Waals surface area (Å²) >= 11 is 0. The summed E-state index contributed by atoms with van der Waals surface area (Å²) in [5, 5.41) is 9.18. The van der Waals surface area contributed by atoms with Crippen LogP contribution in [0.1, 0.15) is 64.2 Å². The van der Waals surface area contributed by atoms with Crippen LogP contribution in [-0.4, -0.2) is 47.2 Å². The number of aliphatic carboxylic acids is 1. The zero-order valence-corrected chi connectivity index (χ0v) is 13.9. The lowest BCUT2D eigenvalue weighted by Gasteiger charge is -2.36. The summed E-state index contributed by atoms with van der Waals surface area (Å²) in [6.45, 7) is 1.54. The van der Waals surface area contributed by atoms with Crippen molar-refractivity contribution < 1.29 is 19.4 Å². The van der Waals surface area contributed by atoms with Gasteiger partial charge in [-0.25, -0.2) is 0 Å². The summed E-state index contributed by atoms with van der Waals surface area (Å²) < 4.78 is 6.16. The van der Waals surface area contributed by atoms with Gasteiger partial charge in [-0.1, -0.05) is 19.3 Å². The Bertz CT molecular complexity index is 425. The number of hydrogen-bond donors (Lipinski definition) is 1. The number of ether oxygens (including phenoxy) is 1. The van der Waals surface area contributed by atoms with E-state index in [1.54, 1.807) is 0 Å². The van der Waals surface area contributed by atoms with E-state index in [0.717, 1.165) is 45.2 Å². The molecule has 1 aliphatic heterocycles. The molecule has 0 aromatic heterocycles. The van der Waals surface area contributed by atoms with Gasteiger partial charge >= 0.3 is 5.97 Å². The lowest BCUT2D eigenvalue weighted by atomic mass is 9.80. The average molecular weight is 323 g/mol. The Labute approximate surface area is 138 Å². The van der Waals surface area contributed by atoms with Crippen molar-refractivity contribution in [3.05, 3.63) is 0 Å². The largest absolute Gasteiger partial charge is 0.481 e. The van der Waals surface area contributed by atoms with Crippen LogP contribution in [0.4, 0.5) is 0 Å². The number of likely N-dealkylation sites (tertiary alicyclic amines) is 1.